The highest BCUT2D eigenvalue weighted by atomic mass is 16.5. The number of hydrogen-bond donors (Lipinski definition) is 1. The molecule has 4 aromatic carbocycles. The fourth-order valence-electron chi connectivity index (χ4n) is 3.44. The van der Waals surface area contributed by atoms with Crippen LogP contribution in [-0.4, -0.2) is 12.5 Å². The first-order chi connectivity index (χ1) is 15.6. The molecule has 0 aliphatic heterocycles. The van der Waals surface area contributed by atoms with Gasteiger partial charge in [-0.05, 0) is 53.6 Å². The summed E-state index contributed by atoms with van der Waals surface area (Å²) in [6.45, 7) is 1.91. The molecule has 4 heteroatoms. The van der Waals surface area contributed by atoms with Crippen molar-refractivity contribution in [2.24, 2.45) is 0 Å². The molecule has 0 saturated heterocycles. The molecule has 4 aromatic rings. The Morgan fingerprint density at radius 1 is 0.938 bits per heavy atom. The summed E-state index contributed by atoms with van der Waals surface area (Å²) in [5, 5.41) is 14.7. The fourth-order valence-corrected chi connectivity index (χ4v) is 3.44. The normalized spacial score (nSPS) is 11.1. The van der Waals surface area contributed by atoms with E-state index in [1.807, 2.05) is 91.9 Å². The minimum absolute atomic E-state index is 0.0808. The number of fused-ring (bicyclic) bond motifs is 1. The van der Waals surface area contributed by atoms with E-state index in [4.69, 9.17) is 4.74 Å². The Bertz CT molecular complexity index is 1310. The van der Waals surface area contributed by atoms with Crippen LogP contribution in [0.1, 0.15) is 16.7 Å². The van der Waals surface area contributed by atoms with Crippen LogP contribution in [0.5, 0.6) is 5.75 Å². The van der Waals surface area contributed by atoms with Gasteiger partial charge in [0.15, 0.2) is 6.61 Å². The van der Waals surface area contributed by atoms with Crippen molar-refractivity contribution < 1.29 is 9.53 Å². The Morgan fingerprint density at radius 3 is 2.41 bits per heavy atom. The van der Waals surface area contributed by atoms with Gasteiger partial charge in [0, 0.05) is 11.3 Å². The summed E-state index contributed by atoms with van der Waals surface area (Å²) in [6.07, 6.45) is 1.86. The van der Waals surface area contributed by atoms with Gasteiger partial charge in [-0.2, -0.15) is 5.26 Å². The van der Waals surface area contributed by atoms with Gasteiger partial charge in [0.1, 0.15) is 5.75 Å². The number of ether oxygens (including phenoxy) is 1. The van der Waals surface area contributed by atoms with Crippen molar-refractivity contribution in [3.8, 4) is 11.8 Å². The third-order valence-corrected chi connectivity index (χ3v) is 5.10. The average Bonchev–Trinajstić information content (AvgIpc) is 2.83. The Kier molecular flexibility index (Phi) is 6.29. The summed E-state index contributed by atoms with van der Waals surface area (Å²) in [5.74, 6) is 0.366. The molecule has 0 aliphatic rings. The summed E-state index contributed by atoms with van der Waals surface area (Å²) >= 11 is 0. The number of aryl methyl sites for hydroxylation is 1. The number of anilines is 1. The summed E-state index contributed by atoms with van der Waals surface area (Å²) in [4.78, 5) is 12.1. The van der Waals surface area contributed by atoms with Gasteiger partial charge in [0.05, 0.1) is 11.6 Å². The molecule has 0 spiro atoms. The molecule has 0 bridgehead atoms. The Morgan fingerprint density at radius 2 is 1.66 bits per heavy atom. The zero-order valence-electron chi connectivity index (χ0n) is 17.7. The topological polar surface area (TPSA) is 62.1 Å². The molecule has 0 saturated carbocycles. The van der Waals surface area contributed by atoms with Crippen molar-refractivity contribution >= 4 is 34.0 Å². The summed E-state index contributed by atoms with van der Waals surface area (Å²) in [5.41, 5.74) is 4.24. The smallest absolute Gasteiger partial charge is 0.262 e. The van der Waals surface area contributed by atoms with E-state index in [-0.39, 0.29) is 12.5 Å². The highest BCUT2D eigenvalue weighted by molar-refractivity contribution is 6.01. The van der Waals surface area contributed by atoms with E-state index in [1.54, 1.807) is 12.1 Å². The van der Waals surface area contributed by atoms with Crippen LogP contribution in [0.2, 0.25) is 0 Å². The lowest BCUT2D eigenvalue weighted by Crippen LogP contribution is -2.20. The number of allylic oxidation sites excluding steroid dienone is 1. The van der Waals surface area contributed by atoms with Crippen LogP contribution in [0.25, 0.3) is 22.4 Å². The SMILES string of the molecule is Cc1ccc(NC(=O)COc2ccc(/C=C(/C#N)c3cccc4ccccc34)cc2)cc1. The maximum atomic E-state index is 12.1. The van der Waals surface area contributed by atoms with Crippen molar-refractivity contribution in [3.05, 3.63) is 108 Å². The van der Waals surface area contributed by atoms with E-state index in [0.717, 1.165) is 33.2 Å². The molecular weight excluding hydrogens is 396 g/mol. The molecule has 0 radical (unpaired) electrons. The fraction of sp³-hybridized carbons (Fsp3) is 0.0714. The van der Waals surface area contributed by atoms with Gasteiger partial charge in [0.2, 0.25) is 0 Å². The van der Waals surface area contributed by atoms with Crippen LogP contribution < -0.4 is 10.1 Å². The minimum atomic E-state index is -0.222. The highest BCUT2D eigenvalue weighted by Crippen LogP contribution is 2.27. The molecule has 1 amide bonds. The highest BCUT2D eigenvalue weighted by Gasteiger charge is 2.07. The number of rotatable bonds is 6. The molecule has 1 N–H and O–H groups in total. The third kappa shape index (κ3) is 5.03. The van der Waals surface area contributed by atoms with Gasteiger partial charge < -0.3 is 10.1 Å². The lowest BCUT2D eigenvalue weighted by atomic mass is 9.97. The Balaban J connectivity index is 1.43. The lowest BCUT2D eigenvalue weighted by Gasteiger charge is -2.08. The predicted octanol–water partition coefficient (Wildman–Crippen LogP) is 6.23. The predicted molar refractivity (Wildman–Crippen MR) is 129 cm³/mol. The molecule has 0 heterocycles. The monoisotopic (exact) mass is 418 g/mol. The minimum Gasteiger partial charge on any atom is -0.484 e. The van der Waals surface area contributed by atoms with Gasteiger partial charge in [-0.3, -0.25) is 4.79 Å². The second-order valence-electron chi connectivity index (χ2n) is 7.47. The lowest BCUT2D eigenvalue weighted by molar-refractivity contribution is -0.118. The molecule has 32 heavy (non-hydrogen) atoms. The standard InChI is InChI=1S/C28H22N2O2/c1-20-9-13-24(14-10-20)30-28(31)19-32-25-15-11-21(12-16-25)17-23(18-29)27-8-4-6-22-5-2-3-7-26(22)27/h2-17H,19H2,1H3,(H,30,31)/b23-17-. The molecule has 4 nitrogen and oxygen atoms in total. The average molecular weight is 418 g/mol. The molecule has 156 valence electrons. The van der Waals surface area contributed by atoms with E-state index in [9.17, 15) is 10.1 Å². The molecule has 0 aliphatic carbocycles. The first-order valence-corrected chi connectivity index (χ1v) is 10.3. The van der Waals surface area contributed by atoms with Crippen molar-refractivity contribution in [1.29, 1.82) is 5.26 Å². The maximum absolute atomic E-state index is 12.1. The second-order valence-corrected chi connectivity index (χ2v) is 7.47. The number of nitrogens with one attached hydrogen (secondary N) is 1. The number of hydrogen-bond acceptors (Lipinski definition) is 3. The van der Waals surface area contributed by atoms with E-state index < -0.39 is 0 Å². The summed E-state index contributed by atoms with van der Waals surface area (Å²) < 4.78 is 5.59. The van der Waals surface area contributed by atoms with Crippen LogP contribution >= 0.6 is 0 Å². The van der Waals surface area contributed by atoms with Gasteiger partial charge in [-0.1, -0.05) is 72.3 Å². The largest absolute Gasteiger partial charge is 0.484 e. The van der Waals surface area contributed by atoms with E-state index in [0.29, 0.717) is 11.3 Å². The van der Waals surface area contributed by atoms with Crippen LogP contribution in [0.15, 0.2) is 91.0 Å². The number of nitrogens with zero attached hydrogens (tertiary/aromatic N) is 1. The van der Waals surface area contributed by atoms with Crippen molar-refractivity contribution in [2.75, 3.05) is 11.9 Å². The van der Waals surface area contributed by atoms with E-state index in [2.05, 4.69) is 11.4 Å². The van der Waals surface area contributed by atoms with Crippen molar-refractivity contribution in [2.45, 2.75) is 6.92 Å². The van der Waals surface area contributed by atoms with Crippen LogP contribution in [0.4, 0.5) is 5.69 Å². The molecule has 0 unspecified atom stereocenters. The molecular formula is C28H22N2O2. The number of amides is 1. The van der Waals surface area contributed by atoms with Crippen molar-refractivity contribution in [3.63, 3.8) is 0 Å². The quantitative estimate of drug-likeness (QED) is 0.298. The van der Waals surface area contributed by atoms with Gasteiger partial charge in [-0.25, -0.2) is 0 Å². The van der Waals surface area contributed by atoms with E-state index >= 15 is 0 Å². The van der Waals surface area contributed by atoms with Gasteiger partial charge >= 0.3 is 0 Å². The number of carbonyl (C=O) groups is 1. The van der Waals surface area contributed by atoms with Crippen LogP contribution in [0, 0.1) is 18.3 Å². The molecule has 0 fully saturated rings. The summed E-state index contributed by atoms with van der Waals surface area (Å²) in [6, 6.07) is 31.2. The number of carbonyl (C=O) groups excluding carboxylic acids is 1. The zero-order valence-corrected chi connectivity index (χ0v) is 17.7. The summed E-state index contributed by atoms with van der Waals surface area (Å²) in [7, 11) is 0. The zero-order chi connectivity index (χ0) is 22.3. The Hall–Kier alpha value is -4.36. The van der Waals surface area contributed by atoms with Gasteiger partial charge in [-0.15, -0.1) is 0 Å². The number of nitriles is 1. The van der Waals surface area contributed by atoms with Crippen LogP contribution in [0.3, 0.4) is 0 Å². The van der Waals surface area contributed by atoms with Crippen LogP contribution in [-0.2, 0) is 4.79 Å². The third-order valence-electron chi connectivity index (χ3n) is 5.10. The van der Waals surface area contributed by atoms with Crippen molar-refractivity contribution in [1.82, 2.24) is 0 Å². The first kappa shape index (κ1) is 20.9. The van der Waals surface area contributed by atoms with E-state index in [1.165, 1.54) is 0 Å². The van der Waals surface area contributed by atoms with Gasteiger partial charge in [0.25, 0.3) is 5.91 Å². The maximum Gasteiger partial charge on any atom is 0.262 e. The first-order valence-electron chi connectivity index (χ1n) is 10.3. The molecule has 0 aromatic heterocycles. The number of benzene rings is 4. The Labute approximate surface area is 187 Å². The second kappa shape index (κ2) is 9.63. The molecule has 4 rings (SSSR count). The molecule has 0 atom stereocenters.